The largest absolute Gasteiger partial charge is 0.462 e. The molecule has 0 amide bonds. The minimum absolute atomic E-state index is 0.0825. The lowest BCUT2D eigenvalue weighted by Gasteiger charge is -2.18. The number of carbonyl (C=O) groups excluding carboxylic acids is 3. The van der Waals surface area contributed by atoms with Crippen molar-refractivity contribution in [3.05, 3.63) is 48.6 Å². The van der Waals surface area contributed by atoms with E-state index < -0.39 is 6.10 Å². The minimum Gasteiger partial charge on any atom is -0.462 e. The molecule has 0 saturated heterocycles. The maximum absolute atomic E-state index is 12.8. The van der Waals surface area contributed by atoms with Gasteiger partial charge in [0.15, 0.2) is 6.10 Å². The number of allylic oxidation sites excluding steroid dienone is 8. The predicted octanol–water partition coefficient (Wildman–Crippen LogP) is 17.1. The Morgan fingerprint density at radius 3 is 0.951 bits per heavy atom. The number of hydrogen-bond acceptors (Lipinski definition) is 6. The molecule has 0 heterocycles. The van der Waals surface area contributed by atoms with Gasteiger partial charge in [0, 0.05) is 19.3 Å². The van der Waals surface area contributed by atoms with Crippen LogP contribution in [0.5, 0.6) is 0 Å². The van der Waals surface area contributed by atoms with Gasteiger partial charge >= 0.3 is 17.9 Å². The molecular weight excluding hydrogens is 757 g/mol. The van der Waals surface area contributed by atoms with Crippen molar-refractivity contribution in [3.8, 4) is 0 Å². The van der Waals surface area contributed by atoms with Gasteiger partial charge in [-0.05, 0) is 103 Å². The van der Waals surface area contributed by atoms with Crippen LogP contribution in [0, 0.1) is 0 Å². The van der Waals surface area contributed by atoms with Crippen molar-refractivity contribution in [3.63, 3.8) is 0 Å². The molecule has 61 heavy (non-hydrogen) atoms. The zero-order chi connectivity index (χ0) is 44.4. The zero-order valence-corrected chi connectivity index (χ0v) is 40.4. The van der Waals surface area contributed by atoms with Gasteiger partial charge in [0.05, 0.1) is 0 Å². The summed E-state index contributed by atoms with van der Waals surface area (Å²) in [5.41, 5.74) is 0. The minimum atomic E-state index is -0.782. The topological polar surface area (TPSA) is 78.9 Å². The second-order valence-electron chi connectivity index (χ2n) is 17.4. The Hall–Kier alpha value is -2.63. The summed E-state index contributed by atoms with van der Waals surface area (Å²) in [6, 6.07) is 0. The fourth-order valence-electron chi connectivity index (χ4n) is 7.28. The molecular formula is C55H98O6. The molecule has 6 nitrogen and oxygen atoms in total. The van der Waals surface area contributed by atoms with Crippen LogP contribution >= 0.6 is 0 Å². The predicted molar refractivity (Wildman–Crippen MR) is 261 cm³/mol. The average molecular weight is 855 g/mol. The van der Waals surface area contributed by atoms with E-state index in [1.807, 2.05) is 0 Å². The second-order valence-corrected chi connectivity index (χ2v) is 17.4. The van der Waals surface area contributed by atoms with Gasteiger partial charge in [-0.2, -0.15) is 0 Å². The highest BCUT2D eigenvalue weighted by Crippen LogP contribution is 2.14. The zero-order valence-electron chi connectivity index (χ0n) is 40.4. The smallest absolute Gasteiger partial charge is 0.306 e. The fraction of sp³-hybridized carbons (Fsp3) is 0.800. The molecule has 0 aromatic rings. The number of unbranched alkanes of at least 4 members (excludes halogenated alkanes) is 28. The third kappa shape index (κ3) is 48.3. The third-order valence-corrected chi connectivity index (χ3v) is 11.3. The van der Waals surface area contributed by atoms with Crippen molar-refractivity contribution in [1.29, 1.82) is 0 Å². The Kier molecular flexibility index (Phi) is 47.9. The highest BCUT2D eigenvalue weighted by molar-refractivity contribution is 5.71. The Balaban J connectivity index is 4.38. The summed E-state index contributed by atoms with van der Waals surface area (Å²) in [5.74, 6) is -0.901. The molecule has 0 aliphatic heterocycles. The van der Waals surface area contributed by atoms with Gasteiger partial charge in [0.2, 0.25) is 0 Å². The Labute approximate surface area is 378 Å². The molecule has 0 rings (SSSR count). The number of ether oxygens (including phenoxy) is 3. The van der Waals surface area contributed by atoms with E-state index in [2.05, 4.69) is 69.4 Å². The van der Waals surface area contributed by atoms with Gasteiger partial charge < -0.3 is 14.2 Å². The highest BCUT2D eigenvalue weighted by atomic mass is 16.6. The van der Waals surface area contributed by atoms with Crippen LogP contribution in [0.1, 0.15) is 265 Å². The summed E-state index contributed by atoms with van der Waals surface area (Å²) in [6.45, 7) is 6.57. The van der Waals surface area contributed by atoms with Crippen LogP contribution in [0.4, 0.5) is 0 Å². The lowest BCUT2D eigenvalue weighted by molar-refractivity contribution is -0.167. The average Bonchev–Trinajstić information content (AvgIpc) is 3.26. The van der Waals surface area contributed by atoms with Crippen LogP contribution in [-0.4, -0.2) is 37.2 Å². The van der Waals surface area contributed by atoms with Crippen molar-refractivity contribution in [2.45, 2.75) is 271 Å². The quantitative estimate of drug-likeness (QED) is 0.0263. The molecule has 0 unspecified atom stereocenters. The first-order chi connectivity index (χ1) is 30.0. The molecule has 0 saturated carbocycles. The van der Waals surface area contributed by atoms with Gasteiger partial charge in [-0.1, -0.05) is 191 Å². The van der Waals surface area contributed by atoms with Crippen molar-refractivity contribution in [2.24, 2.45) is 0 Å². The van der Waals surface area contributed by atoms with Gasteiger partial charge in [0.25, 0.3) is 0 Å². The molecule has 0 aliphatic carbocycles. The van der Waals surface area contributed by atoms with Crippen LogP contribution in [0.3, 0.4) is 0 Å². The SMILES string of the molecule is CCCCC/C=C\C/C=C\CCCCCCCCCC(=O)OC[C@@H](COC(=O)CCCCCCC/C=C\CCCCCC)OC(=O)CCCCCCC/C=C\CCCCCC. The number of carbonyl (C=O) groups is 3. The number of esters is 3. The molecule has 0 aliphatic rings. The van der Waals surface area contributed by atoms with Crippen molar-refractivity contribution in [2.75, 3.05) is 13.2 Å². The number of hydrogen-bond donors (Lipinski definition) is 0. The monoisotopic (exact) mass is 855 g/mol. The lowest BCUT2D eigenvalue weighted by atomic mass is 10.1. The van der Waals surface area contributed by atoms with E-state index in [-0.39, 0.29) is 31.1 Å². The normalized spacial score (nSPS) is 12.4. The highest BCUT2D eigenvalue weighted by Gasteiger charge is 2.19. The summed E-state index contributed by atoms with van der Waals surface area (Å²) in [6.07, 6.45) is 59.4. The van der Waals surface area contributed by atoms with Crippen molar-refractivity contribution < 1.29 is 28.6 Å². The first kappa shape index (κ1) is 58.4. The van der Waals surface area contributed by atoms with Crippen LogP contribution in [0.25, 0.3) is 0 Å². The summed E-state index contributed by atoms with van der Waals surface area (Å²) in [4.78, 5) is 38.0. The molecule has 0 N–H and O–H groups in total. The standard InChI is InChI=1S/C55H98O6/c1-4-7-10-13-16-19-22-25-26-27-28-31-33-36-39-42-45-48-54(57)60-51-52(61-55(58)49-46-43-40-37-34-30-24-21-18-15-12-9-6-3)50-59-53(56)47-44-41-38-35-32-29-23-20-17-14-11-8-5-2/h16,19-21,23-26,52H,4-15,17-18,22,27-51H2,1-3H3/b19-16-,23-20-,24-21-,26-25-/t52-/m1/s1. The van der Waals surface area contributed by atoms with Gasteiger partial charge in [0.1, 0.15) is 13.2 Å². The lowest BCUT2D eigenvalue weighted by Crippen LogP contribution is -2.30. The van der Waals surface area contributed by atoms with Crippen LogP contribution in [-0.2, 0) is 28.6 Å². The van der Waals surface area contributed by atoms with E-state index in [4.69, 9.17) is 14.2 Å². The van der Waals surface area contributed by atoms with E-state index in [0.717, 1.165) is 89.9 Å². The van der Waals surface area contributed by atoms with E-state index in [0.29, 0.717) is 19.3 Å². The van der Waals surface area contributed by atoms with Crippen molar-refractivity contribution in [1.82, 2.24) is 0 Å². The summed E-state index contributed by atoms with van der Waals surface area (Å²) < 4.78 is 16.8. The van der Waals surface area contributed by atoms with Gasteiger partial charge in [-0.25, -0.2) is 0 Å². The first-order valence-corrected chi connectivity index (χ1v) is 26.1. The summed E-state index contributed by atoms with van der Waals surface area (Å²) in [7, 11) is 0. The van der Waals surface area contributed by atoms with Gasteiger partial charge in [-0.3, -0.25) is 14.4 Å². The first-order valence-electron chi connectivity index (χ1n) is 26.1. The maximum Gasteiger partial charge on any atom is 0.306 e. The molecule has 354 valence electrons. The molecule has 0 fully saturated rings. The third-order valence-electron chi connectivity index (χ3n) is 11.3. The molecule has 0 aromatic carbocycles. The Morgan fingerprint density at radius 1 is 0.328 bits per heavy atom. The molecule has 0 spiro atoms. The molecule has 0 bridgehead atoms. The molecule has 0 aromatic heterocycles. The fourth-order valence-corrected chi connectivity index (χ4v) is 7.28. The Morgan fingerprint density at radius 2 is 0.590 bits per heavy atom. The Bertz CT molecular complexity index is 1070. The van der Waals surface area contributed by atoms with E-state index >= 15 is 0 Å². The van der Waals surface area contributed by atoms with Crippen LogP contribution < -0.4 is 0 Å². The molecule has 0 radical (unpaired) electrons. The van der Waals surface area contributed by atoms with E-state index in [1.54, 1.807) is 0 Å². The number of rotatable bonds is 47. The van der Waals surface area contributed by atoms with E-state index in [1.165, 1.54) is 135 Å². The molecule has 6 heteroatoms. The van der Waals surface area contributed by atoms with Crippen LogP contribution in [0.15, 0.2) is 48.6 Å². The van der Waals surface area contributed by atoms with Crippen LogP contribution in [0.2, 0.25) is 0 Å². The van der Waals surface area contributed by atoms with Gasteiger partial charge in [-0.15, -0.1) is 0 Å². The molecule has 1 atom stereocenters. The van der Waals surface area contributed by atoms with E-state index in [9.17, 15) is 14.4 Å². The van der Waals surface area contributed by atoms with Crippen molar-refractivity contribution >= 4 is 17.9 Å². The summed E-state index contributed by atoms with van der Waals surface area (Å²) >= 11 is 0. The second kappa shape index (κ2) is 50.0. The summed E-state index contributed by atoms with van der Waals surface area (Å²) in [5, 5.41) is 0. The maximum atomic E-state index is 12.8.